The number of phenols is 1. The Morgan fingerprint density at radius 2 is 2.00 bits per heavy atom. The SMILES string of the molecule is Cc1cc(O)c2c(c1)OC(=Cc1cn(C)c3ccccc13)C2=O. The van der Waals surface area contributed by atoms with Crippen molar-refractivity contribution in [2.45, 2.75) is 6.92 Å². The van der Waals surface area contributed by atoms with Gasteiger partial charge in [-0.1, -0.05) is 18.2 Å². The van der Waals surface area contributed by atoms with Crippen LogP contribution in [0.15, 0.2) is 48.4 Å². The molecule has 1 aliphatic rings. The Morgan fingerprint density at radius 3 is 2.83 bits per heavy atom. The maximum absolute atomic E-state index is 12.5. The van der Waals surface area contributed by atoms with Crippen molar-refractivity contribution in [3.8, 4) is 11.5 Å². The quantitative estimate of drug-likeness (QED) is 0.696. The molecular formula is C19H15NO3. The highest BCUT2D eigenvalue weighted by atomic mass is 16.5. The van der Waals surface area contributed by atoms with Crippen LogP contribution < -0.4 is 4.74 Å². The molecule has 23 heavy (non-hydrogen) atoms. The maximum atomic E-state index is 12.5. The fourth-order valence-electron chi connectivity index (χ4n) is 3.06. The molecule has 0 amide bonds. The van der Waals surface area contributed by atoms with Crippen molar-refractivity contribution < 1.29 is 14.6 Å². The van der Waals surface area contributed by atoms with E-state index in [1.807, 2.05) is 49.0 Å². The molecule has 2 aromatic carbocycles. The highest BCUT2D eigenvalue weighted by Crippen LogP contribution is 2.39. The van der Waals surface area contributed by atoms with Crippen LogP contribution in [0.1, 0.15) is 21.5 Å². The number of aromatic hydroxyl groups is 1. The van der Waals surface area contributed by atoms with Crippen LogP contribution in [0.4, 0.5) is 0 Å². The van der Waals surface area contributed by atoms with Gasteiger partial charge in [0, 0.05) is 29.7 Å². The lowest BCUT2D eigenvalue weighted by molar-refractivity contribution is 0.101. The van der Waals surface area contributed by atoms with E-state index in [1.54, 1.807) is 18.2 Å². The summed E-state index contributed by atoms with van der Waals surface area (Å²) in [5.74, 6) is 0.327. The summed E-state index contributed by atoms with van der Waals surface area (Å²) in [7, 11) is 1.96. The Morgan fingerprint density at radius 1 is 1.22 bits per heavy atom. The molecule has 0 spiro atoms. The van der Waals surface area contributed by atoms with E-state index >= 15 is 0 Å². The van der Waals surface area contributed by atoms with E-state index in [9.17, 15) is 9.90 Å². The average molecular weight is 305 g/mol. The normalized spacial score (nSPS) is 15.2. The van der Waals surface area contributed by atoms with E-state index < -0.39 is 0 Å². The summed E-state index contributed by atoms with van der Waals surface area (Å²) in [6, 6.07) is 11.3. The van der Waals surface area contributed by atoms with Gasteiger partial charge in [0.25, 0.3) is 0 Å². The third-order valence-electron chi connectivity index (χ3n) is 4.11. The third-order valence-corrected chi connectivity index (χ3v) is 4.11. The van der Waals surface area contributed by atoms with E-state index in [1.165, 1.54) is 0 Å². The molecule has 1 aromatic heterocycles. The molecular weight excluding hydrogens is 290 g/mol. The zero-order chi connectivity index (χ0) is 16.1. The molecule has 1 N–H and O–H groups in total. The van der Waals surface area contributed by atoms with Gasteiger partial charge in [-0.05, 0) is 36.8 Å². The molecule has 3 aromatic rings. The van der Waals surface area contributed by atoms with Gasteiger partial charge in [0.2, 0.25) is 5.78 Å². The first-order valence-corrected chi connectivity index (χ1v) is 7.36. The molecule has 0 unspecified atom stereocenters. The van der Waals surface area contributed by atoms with Crippen molar-refractivity contribution in [2.24, 2.45) is 7.05 Å². The van der Waals surface area contributed by atoms with Gasteiger partial charge in [-0.2, -0.15) is 0 Å². The van der Waals surface area contributed by atoms with E-state index in [0.29, 0.717) is 5.75 Å². The average Bonchev–Trinajstić information content (AvgIpc) is 2.98. The minimum absolute atomic E-state index is 0.0358. The zero-order valence-electron chi connectivity index (χ0n) is 12.8. The zero-order valence-corrected chi connectivity index (χ0v) is 12.8. The molecule has 0 bridgehead atoms. The van der Waals surface area contributed by atoms with Crippen LogP contribution in [-0.4, -0.2) is 15.5 Å². The molecule has 1 aliphatic heterocycles. The third kappa shape index (κ3) is 2.03. The molecule has 0 saturated carbocycles. The highest BCUT2D eigenvalue weighted by Gasteiger charge is 2.31. The molecule has 0 saturated heterocycles. The van der Waals surface area contributed by atoms with Crippen molar-refractivity contribution >= 4 is 22.8 Å². The molecule has 0 atom stereocenters. The lowest BCUT2D eigenvalue weighted by atomic mass is 10.1. The van der Waals surface area contributed by atoms with Crippen molar-refractivity contribution in [2.75, 3.05) is 0 Å². The monoisotopic (exact) mass is 305 g/mol. The van der Waals surface area contributed by atoms with Gasteiger partial charge >= 0.3 is 0 Å². The number of ether oxygens (including phenoxy) is 1. The molecule has 4 nitrogen and oxygen atoms in total. The van der Waals surface area contributed by atoms with Gasteiger partial charge < -0.3 is 14.4 Å². The lowest BCUT2D eigenvalue weighted by Crippen LogP contribution is -1.98. The van der Waals surface area contributed by atoms with E-state index in [2.05, 4.69) is 0 Å². The summed E-state index contributed by atoms with van der Waals surface area (Å²) in [5, 5.41) is 11.1. The molecule has 4 rings (SSSR count). The maximum Gasteiger partial charge on any atom is 0.235 e. The van der Waals surface area contributed by atoms with Crippen molar-refractivity contribution in [1.82, 2.24) is 4.57 Å². The predicted molar refractivity (Wildman–Crippen MR) is 88.7 cm³/mol. The number of aryl methyl sites for hydroxylation is 2. The van der Waals surface area contributed by atoms with Crippen molar-refractivity contribution in [1.29, 1.82) is 0 Å². The Balaban J connectivity index is 1.84. The molecule has 0 radical (unpaired) electrons. The number of ketones is 1. The number of allylic oxidation sites excluding steroid dienone is 1. The number of hydrogen-bond acceptors (Lipinski definition) is 3. The minimum Gasteiger partial charge on any atom is -0.507 e. The standard InChI is InChI=1S/C19H15NO3/c1-11-7-15(21)18-16(8-11)23-17(19(18)22)9-12-10-20(2)14-6-4-3-5-13(12)14/h3-10,21H,1-2H3. The molecule has 4 heteroatoms. The molecule has 0 aliphatic carbocycles. The van der Waals surface area contributed by atoms with Crippen LogP contribution in [0.5, 0.6) is 11.5 Å². The van der Waals surface area contributed by atoms with E-state index in [-0.39, 0.29) is 22.9 Å². The second-order valence-corrected chi connectivity index (χ2v) is 5.81. The summed E-state index contributed by atoms with van der Waals surface area (Å²) in [5.41, 5.74) is 3.08. The van der Waals surface area contributed by atoms with Crippen molar-refractivity contribution in [3.63, 3.8) is 0 Å². The molecule has 114 valence electrons. The number of carbonyl (C=O) groups excluding carboxylic acids is 1. The van der Waals surface area contributed by atoms with E-state index in [0.717, 1.165) is 22.0 Å². The summed E-state index contributed by atoms with van der Waals surface area (Å²) in [4.78, 5) is 12.5. The van der Waals surface area contributed by atoms with Crippen LogP contribution in [0.2, 0.25) is 0 Å². The smallest absolute Gasteiger partial charge is 0.235 e. The number of nitrogens with zero attached hydrogens (tertiary/aromatic N) is 1. The topological polar surface area (TPSA) is 51.5 Å². The molecule has 0 fully saturated rings. The number of phenolic OH excluding ortho intramolecular Hbond substituents is 1. The predicted octanol–water partition coefficient (Wildman–Crippen LogP) is 3.81. The number of benzene rings is 2. The van der Waals surface area contributed by atoms with Gasteiger partial charge in [-0.15, -0.1) is 0 Å². The number of Topliss-reactive ketones (excluding diaryl/α,β-unsaturated/α-hetero) is 1. The van der Waals surface area contributed by atoms with Gasteiger partial charge in [0.15, 0.2) is 5.76 Å². The van der Waals surface area contributed by atoms with Crippen LogP contribution in [-0.2, 0) is 7.05 Å². The Kier molecular flexibility index (Phi) is 2.81. The fraction of sp³-hybridized carbons (Fsp3) is 0.105. The number of fused-ring (bicyclic) bond motifs is 2. The largest absolute Gasteiger partial charge is 0.507 e. The number of carbonyl (C=O) groups is 1. The summed E-state index contributed by atoms with van der Waals surface area (Å²) in [6.07, 6.45) is 3.70. The van der Waals surface area contributed by atoms with Crippen LogP contribution >= 0.6 is 0 Å². The second-order valence-electron chi connectivity index (χ2n) is 5.81. The second kappa shape index (κ2) is 4.74. The van der Waals surface area contributed by atoms with Gasteiger partial charge in [-0.25, -0.2) is 0 Å². The fourth-order valence-corrected chi connectivity index (χ4v) is 3.06. The molecule has 2 heterocycles. The van der Waals surface area contributed by atoms with Gasteiger partial charge in [0.05, 0.1) is 0 Å². The van der Waals surface area contributed by atoms with Crippen molar-refractivity contribution in [3.05, 3.63) is 65.0 Å². The van der Waals surface area contributed by atoms with Gasteiger partial charge in [0.1, 0.15) is 17.1 Å². The number of para-hydroxylation sites is 1. The first-order chi connectivity index (χ1) is 11.0. The highest BCUT2D eigenvalue weighted by molar-refractivity contribution is 6.16. The number of hydrogen-bond donors (Lipinski definition) is 1. The Labute approximate surface area is 133 Å². The lowest BCUT2D eigenvalue weighted by Gasteiger charge is -2.00. The Bertz CT molecular complexity index is 995. The van der Waals surface area contributed by atoms with E-state index in [4.69, 9.17) is 4.74 Å². The van der Waals surface area contributed by atoms with Crippen LogP contribution in [0, 0.1) is 6.92 Å². The van der Waals surface area contributed by atoms with Crippen LogP contribution in [0.3, 0.4) is 0 Å². The van der Waals surface area contributed by atoms with Gasteiger partial charge in [-0.3, -0.25) is 4.79 Å². The minimum atomic E-state index is -0.287. The Hall–Kier alpha value is -3.01. The summed E-state index contributed by atoms with van der Waals surface area (Å²) < 4.78 is 7.70. The van der Waals surface area contributed by atoms with Crippen LogP contribution in [0.25, 0.3) is 17.0 Å². The first-order valence-electron chi connectivity index (χ1n) is 7.36. The summed E-state index contributed by atoms with van der Waals surface area (Å²) in [6.45, 7) is 1.85. The summed E-state index contributed by atoms with van der Waals surface area (Å²) >= 11 is 0. The number of aromatic nitrogens is 1. The first kappa shape index (κ1) is 13.6. The number of rotatable bonds is 1.